The summed E-state index contributed by atoms with van der Waals surface area (Å²) in [6, 6.07) is 3.22. The molecule has 20 heavy (non-hydrogen) atoms. The number of pyridine rings is 1. The molecule has 0 aromatic carbocycles. The summed E-state index contributed by atoms with van der Waals surface area (Å²) in [6.45, 7) is 2.94. The van der Waals surface area contributed by atoms with E-state index in [1.807, 2.05) is 7.05 Å². The van der Waals surface area contributed by atoms with E-state index in [1.165, 1.54) is 0 Å². The van der Waals surface area contributed by atoms with Gasteiger partial charge in [0.05, 0.1) is 5.56 Å². The van der Waals surface area contributed by atoms with E-state index < -0.39 is 0 Å². The fourth-order valence-electron chi connectivity index (χ4n) is 2.49. The Kier molecular flexibility index (Phi) is 5.24. The summed E-state index contributed by atoms with van der Waals surface area (Å²) in [7, 11) is 3.94. The number of piperidine rings is 1. The lowest BCUT2D eigenvalue weighted by atomic mass is 9.96. The van der Waals surface area contributed by atoms with Gasteiger partial charge in [-0.3, -0.25) is 4.79 Å². The molecule has 2 heterocycles. The first-order chi connectivity index (χ1) is 9.47. The molecular formula is C14H19Cl2N3O. The van der Waals surface area contributed by atoms with E-state index in [-0.39, 0.29) is 11.1 Å². The molecular weight excluding hydrogens is 297 g/mol. The van der Waals surface area contributed by atoms with Crippen LogP contribution < -0.4 is 0 Å². The maximum absolute atomic E-state index is 12.4. The predicted molar refractivity (Wildman–Crippen MR) is 81.4 cm³/mol. The minimum atomic E-state index is -0.0990. The number of rotatable bonds is 3. The largest absolute Gasteiger partial charge is 0.341 e. The molecule has 1 aliphatic heterocycles. The molecule has 1 amide bonds. The van der Waals surface area contributed by atoms with Crippen molar-refractivity contribution in [3.05, 3.63) is 28.0 Å². The molecule has 110 valence electrons. The number of hydrogen-bond donors (Lipinski definition) is 0. The molecule has 1 aliphatic rings. The van der Waals surface area contributed by atoms with Crippen molar-refractivity contribution in [3.63, 3.8) is 0 Å². The molecule has 2 rings (SSSR count). The van der Waals surface area contributed by atoms with Gasteiger partial charge in [-0.2, -0.15) is 0 Å². The third kappa shape index (κ3) is 3.84. The zero-order chi connectivity index (χ0) is 14.7. The van der Waals surface area contributed by atoms with Crippen molar-refractivity contribution in [3.8, 4) is 0 Å². The number of amides is 1. The van der Waals surface area contributed by atoms with Gasteiger partial charge >= 0.3 is 0 Å². The van der Waals surface area contributed by atoms with Crippen molar-refractivity contribution in [2.45, 2.75) is 12.8 Å². The lowest BCUT2D eigenvalue weighted by Crippen LogP contribution is -2.38. The molecule has 6 heteroatoms. The van der Waals surface area contributed by atoms with Crippen molar-refractivity contribution in [2.75, 3.05) is 33.7 Å². The van der Waals surface area contributed by atoms with Crippen LogP contribution in [0.4, 0.5) is 0 Å². The van der Waals surface area contributed by atoms with Crippen LogP contribution in [0.1, 0.15) is 23.2 Å². The molecule has 0 spiro atoms. The van der Waals surface area contributed by atoms with E-state index in [4.69, 9.17) is 23.2 Å². The Morgan fingerprint density at radius 3 is 2.65 bits per heavy atom. The van der Waals surface area contributed by atoms with Crippen molar-refractivity contribution in [1.29, 1.82) is 0 Å². The van der Waals surface area contributed by atoms with E-state index in [2.05, 4.69) is 16.9 Å². The van der Waals surface area contributed by atoms with Gasteiger partial charge in [-0.05, 0) is 51.0 Å². The Hall–Kier alpha value is -0.840. The van der Waals surface area contributed by atoms with Crippen LogP contribution in [-0.2, 0) is 0 Å². The number of aromatic nitrogens is 1. The van der Waals surface area contributed by atoms with Crippen molar-refractivity contribution in [2.24, 2.45) is 5.92 Å². The molecule has 0 N–H and O–H groups in total. The average Bonchev–Trinajstić information content (AvgIpc) is 2.40. The number of carbonyl (C=O) groups is 1. The lowest BCUT2D eigenvalue weighted by Gasteiger charge is -2.31. The van der Waals surface area contributed by atoms with Crippen LogP contribution in [0.25, 0.3) is 0 Å². The minimum absolute atomic E-state index is 0.0990. The molecule has 1 saturated heterocycles. The Labute approximate surface area is 129 Å². The molecule has 1 aromatic rings. The average molecular weight is 316 g/mol. The second-order valence-electron chi connectivity index (χ2n) is 5.40. The highest BCUT2D eigenvalue weighted by Gasteiger charge is 2.22. The molecule has 1 fully saturated rings. The topological polar surface area (TPSA) is 36.4 Å². The van der Waals surface area contributed by atoms with Gasteiger partial charge in [-0.15, -0.1) is 0 Å². The molecule has 4 nitrogen and oxygen atoms in total. The van der Waals surface area contributed by atoms with E-state index >= 15 is 0 Å². The third-order valence-corrected chi connectivity index (χ3v) is 4.26. The summed E-state index contributed by atoms with van der Waals surface area (Å²) in [6.07, 6.45) is 2.25. The number of carbonyl (C=O) groups excluding carboxylic acids is 1. The quantitative estimate of drug-likeness (QED) is 0.805. The van der Waals surface area contributed by atoms with E-state index in [9.17, 15) is 4.79 Å². The minimum Gasteiger partial charge on any atom is -0.341 e. The zero-order valence-electron chi connectivity index (χ0n) is 11.8. The van der Waals surface area contributed by atoms with Gasteiger partial charge in [-0.25, -0.2) is 4.98 Å². The third-order valence-electron chi connectivity index (χ3n) is 3.76. The summed E-state index contributed by atoms with van der Waals surface area (Å²) in [5, 5.41) is 0.460. The summed E-state index contributed by atoms with van der Waals surface area (Å²) in [5.74, 6) is 0.456. The van der Waals surface area contributed by atoms with Crippen molar-refractivity contribution < 1.29 is 4.79 Å². The van der Waals surface area contributed by atoms with Crippen LogP contribution in [0.15, 0.2) is 12.1 Å². The Balaban J connectivity index is 1.98. The first-order valence-electron chi connectivity index (χ1n) is 6.73. The first kappa shape index (κ1) is 15.5. The standard InChI is InChI=1S/C14H19Cl2N3O/c1-18-7-5-10(6-8-18)9-19(2)14(20)11-3-4-12(15)17-13(11)16/h3-4,10H,5-9H2,1-2H3. The highest BCUT2D eigenvalue weighted by molar-refractivity contribution is 6.34. The van der Waals surface area contributed by atoms with E-state index in [0.717, 1.165) is 32.5 Å². The smallest absolute Gasteiger partial charge is 0.256 e. The number of nitrogens with zero attached hydrogens (tertiary/aromatic N) is 3. The molecule has 0 aliphatic carbocycles. The lowest BCUT2D eigenvalue weighted by molar-refractivity contribution is 0.0747. The van der Waals surface area contributed by atoms with Gasteiger partial charge in [0.15, 0.2) is 0 Å². The van der Waals surface area contributed by atoms with Crippen LogP contribution in [0, 0.1) is 5.92 Å². The van der Waals surface area contributed by atoms with Gasteiger partial charge < -0.3 is 9.80 Å². The first-order valence-corrected chi connectivity index (χ1v) is 7.49. The fraction of sp³-hybridized carbons (Fsp3) is 0.571. The number of hydrogen-bond acceptors (Lipinski definition) is 3. The zero-order valence-corrected chi connectivity index (χ0v) is 13.3. The van der Waals surface area contributed by atoms with Gasteiger partial charge in [0, 0.05) is 13.6 Å². The molecule has 0 unspecified atom stereocenters. The van der Waals surface area contributed by atoms with Crippen LogP contribution in [0.3, 0.4) is 0 Å². The van der Waals surface area contributed by atoms with Crippen molar-refractivity contribution in [1.82, 2.24) is 14.8 Å². The number of likely N-dealkylation sites (tertiary alicyclic amines) is 1. The van der Waals surface area contributed by atoms with Gasteiger partial charge in [0.1, 0.15) is 10.3 Å². The number of halogens is 2. The highest BCUT2D eigenvalue weighted by atomic mass is 35.5. The van der Waals surface area contributed by atoms with Crippen LogP contribution in [-0.4, -0.2) is 54.4 Å². The molecule has 0 atom stereocenters. The van der Waals surface area contributed by atoms with E-state index in [1.54, 1.807) is 17.0 Å². The second kappa shape index (κ2) is 6.74. The van der Waals surface area contributed by atoms with Crippen LogP contribution >= 0.6 is 23.2 Å². The fourth-order valence-corrected chi connectivity index (χ4v) is 2.92. The summed E-state index contributed by atoms with van der Waals surface area (Å²) >= 11 is 11.7. The maximum atomic E-state index is 12.4. The molecule has 0 radical (unpaired) electrons. The summed E-state index contributed by atoms with van der Waals surface area (Å²) in [4.78, 5) is 20.3. The Bertz CT molecular complexity index is 487. The summed E-state index contributed by atoms with van der Waals surface area (Å²) in [5.41, 5.74) is 0.409. The van der Waals surface area contributed by atoms with Crippen molar-refractivity contribution >= 4 is 29.1 Å². The molecule has 1 aromatic heterocycles. The predicted octanol–water partition coefficient (Wildman–Crippen LogP) is 2.80. The molecule has 0 bridgehead atoms. The second-order valence-corrected chi connectivity index (χ2v) is 6.15. The highest BCUT2D eigenvalue weighted by Crippen LogP contribution is 2.21. The monoisotopic (exact) mass is 315 g/mol. The van der Waals surface area contributed by atoms with Crippen LogP contribution in [0.5, 0.6) is 0 Å². The Morgan fingerprint density at radius 2 is 2.05 bits per heavy atom. The molecule has 0 saturated carbocycles. The Morgan fingerprint density at radius 1 is 1.40 bits per heavy atom. The van der Waals surface area contributed by atoms with Crippen LogP contribution in [0.2, 0.25) is 10.3 Å². The summed E-state index contributed by atoms with van der Waals surface area (Å²) < 4.78 is 0. The van der Waals surface area contributed by atoms with Gasteiger partial charge in [-0.1, -0.05) is 23.2 Å². The van der Waals surface area contributed by atoms with Gasteiger partial charge in [0.2, 0.25) is 0 Å². The maximum Gasteiger partial charge on any atom is 0.256 e. The van der Waals surface area contributed by atoms with Gasteiger partial charge in [0.25, 0.3) is 5.91 Å². The normalized spacial score (nSPS) is 17.2. The van der Waals surface area contributed by atoms with E-state index in [0.29, 0.717) is 16.6 Å². The SMILES string of the molecule is CN1CCC(CN(C)C(=O)c2ccc(Cl)nc2Cl)CC1.